The van der Waals surface area contributed by atoms with Crippen molar-refractivity contribution in [2.24, 2.45) is 5.92 Å². The van der Waals surface area contributed by atoms with Crippen molar-refractivity contribution in [2.75, 3.05) is 11.9 Å². The van der Waals surface area contributed by atoms with Crippen LogP contribution in [0.3, 0.4) is 0 Å². The Morgan fingerprint density at radius 2 is 2.16 bits per heavy atom. The normalized spacial score (nSPS) is 11.7. The van der Waals surface area contributed by atoms with Crippen LogP contribution in [-0.2, 0) is 4.79 Å². The van der Waals surface area contributed by atoms with Crippen LogP contribution in [0.15, 0.2) is 24.3 Å². The molecule has 19 heavy (non-hydrogen) atoms. The summed E-state index contributed by atoms with van der Waals surface area (Å²) in [4.78, 5) is 14.1. The van der Waals surface area contributed by atoms with E-state index in [-0.39, 0.29) is 11.8 Å². The third kappa shape index (κ3) is 4.10. The standard InChI is InChI=1S/C16H22N2O/c1-4-6-9-14(5-2)16(19)18(3)15-10-7-8-13(11-15)12-17/h7-8,10-11,14H,4-6,9H2,1-3H3. The van der Waals surface area contributed by atoms with E-state index < -0.39 is 0 Å². The predicted molar refractivity (Wildman–Crippen MR) is 77.9 cm³/mol. The Kier molecular flexibility index (Phi) is 6.08. The molecule has 1 atom stereocenters. The van der Waals surface area contributed by atoms with Gasteiger partial charge in [0, 0.05) is 18.7 Å². The largest absolute Gasteiger partial charge is 0.315 e. The van der Waals surface area contributed by atoms with Gasteiger partial charge >= 0.3 is 0 Å². The van der Waals surface area contributed by atoms with E-state index in [1.165, 1.54) is 0 Å². The van der Waals surface area contributed by atoms with Crippen LogP contribution in [0.4, 0.5) is 5.69 Å². The number of nitriles is 1. The van der Waals surface area contributed by atoms with Gasteiger partial charge in [-0.25, -0.2) is 0 Å². The number of benzene rings is 1. The lowest BCUT2D eigenvalue weighted by Gasteiger charge is -2.23. The minimum Gasteiger partial charge on any atom is -0.315 e. The molecule has 1 aromatic carbocycles. The van der Waals surface area contributed by atoms with Gasteiger partial charge in [-0.3, -0.25) is 4.79 Å². The van der Waals surface area contributed by atoms with E-state index in [1.54, 1.807) is 24.1 Å². The van der Waals surface area contributed by atoms with Gasteiger partial charge in [-0.1, -0.05) is 32.8 Å². The zero-order chi connectivity index (χ0) is 14.3. The molecule has 1 unspecified atom stereocenters. The molecular formula is C16H22N2O. The molecule has 0 spiro atoms. The maximum absolute atomic E-state index is 12.4. The first kappa shape index (κ1) is 15.2. The van der Waals surface area contributed by atoms with Crippen LogP contribution in [0.25, 0.3) is 0 Å². The maximum atomic E-state index is 12.4. The van der Waals surface area contributed by atoms with E-state index in [9.17, 15) is 4.79 Å². The fraction of sp³-hybridized carbons (Fsp3) is 0.500. The van der Waals surface area contributed by atoms with Crippen LogP contribution >= 0.6 is 0 Å². The quantitative estimate of drug-likeness (QED) is 0.780. The summed E-state index contributed by atoms with van der Waals surface area (Å²) >= 11 is 0. The fourth-order valence-corrected chi connectivity index (χ4v) is 2.14. The molecule has 0 radical (unpaired) electrons. The van der Waals surface area contributed by atoms with E-state index in [0.29, 0.717) is 5.56 Å². The third-order valence-electron chi connectivity index (χ3n) is 3.44. The Morgan fingerprint density at radius 1 is 1.42 bits per heavy atom. The molecule has 0 saturated carbocycles. The van der Waals surface area contributed by atoms with Crippen LogP contribution in [0.1, 0.15) is 45.1 Å². The second kappa shape index (κ2) is 7.58. The highest BCUT2D eigenvalue weighted by molar-refractivity contribution is 5.94. The molecule has 0 fully saturated rings. The first-order valence-corrected chi connectivity index (χ1v) is 6.91. The first-order valence-electron chi connectivity index (χ1n) is 6.91. The van der Waals surface area contributed by atoms with Crippen LogP contribution in [0.5, 0.6) is 0 Å². The number of nitrogens with zero attached hydrogens (tertiary/aromatic N) is 2. The lowest BCUT2D eigenvalue weighted by atomic mass is 9.97. The lowest BCUT2D eigenvalue weighted by molar-refractivity contribution is -0.122. The van der Waals surface area contributed by atoms with Gasteiger partial charge in [0.1, 0.15) is 0 Å². The van der Waals surface area contributed by atoms with Gasteiger partial charge in [-0.2, -0.15) is 5.26 Å². The highest BCUT2D eigenvalue weighted by Crippen LogP contribution is 2.21. The molecule has 1 aromatic rings. The Morgan fingerprint density at radius 3 is 2.74 bits per heavy atom. The zero-order valence-corrected chi connectivity index (χ0v) is 12.0. The highest BCUT2D eigenvalue weighted by atomic mass is 16.2. The summed E-state index contributed by atoms with van der Waals surface area (Å²) in [6, 6.07) is 9.28. The van der Waals surface area contributed by atoms with Crippen molar-refractivity contribution in [1.29, 1.82) is 5.26 Å². The molecule has 0 saturated heterocycles. The first-order chi connectivity index (χ1) is 9.13. The molecule has 0 heterocycles. The second-order valence-corrected chi connectivity index (χ2v) is 4.81. The van der Waals surface area contributed by atoms with Gasteiger partial charge in [-0.05, 0) is 31.0 Å². The fourth-order valence-electron chi connectivity index (χ4n) is 2.14. The summed E-state index contributed by atoms with van der Waals surface area (Å²) in [6.45, 7) is 4.19. The van der Waals surface area contributed by atoms with E-state index in [0.717, 1.165) is 31.4 Å². The van der Waals surface area contributed by atoms with Crippen molar-refractivity contribution in [2.45, 2.75) is 39.5 Å². The average molecular weight is 258 g/mol. The number of amides is 1. The number of hydrogen-bond acceptors (Lipinski definition) is 2. The molecule has 3 heteroatoms. The molecule has 0 aliphatic carbocycles. The monoisotopic (exact) mass is 258 g/mol. The number of carbonyl (C=O) groups excluding carboxylic acids is 1. The van der Waals surface area contributed by atoms with Crippen LogP contribution in [-0.4, -0.2) is 13.0 Å². The van der Waals surface area contributed by atoms with E-state index in [1.807, 2.05) is 12.1 Å². The van der Waals surface area contributed by atoms with Gasteiger partial charge in [0.15, 0.2) is 0 Å². The number of rotatable bonds is 6. The minimum atomic E-state index is 0.0793. The Bertz CT molecular complexity index is 462. The number of anilines is 1. The van der Waals surface area contributed by atoms with E-state index in [4.69, 9.17) is 5.26 Å². The van der Waals surface area contributed by atoms with Crippen LogP contribution < -0.4 is 4.90 Å². The molecule has 0 aromatic heterocycles. The van der Waals surface area contributed by atoms with Crippen molar-refractivity contribution in [3.05, 3.63) is 29.8 Å². The van der Waals surface area contributed by atoms with Crippen molar-refractivity contribution in [1.82, 2.24) is 0 Å². The summed E-state index contributed by atoms with van der Waals surface area (Å²) in [5.74, 6) is 0.224. The highest BCUT2D eigenvalue weighted by Gasteiger charge is 2.20. The van der Waals surface area contributed by atoms with Crippen molar-refractivity contribution >= 4 is 11.6 Å². The Labute approximate surface area is 115 Å². The molecule has 0 aliphatic heterocycles. The predicted octanol–water partition coefficient (Wildman–Crippen LogP) is 3.74. The molecule has 3 nitrogen and oxygen atoms in total. The van der Waals surface area contributed by atoms with Crippen molar-refractivity contribution < 1.29 is 4.79 Å². The molecule has 0 N–H and O–H groups in total. The summed E-state index contributed by atoms with van der Waals surface area (Å²) < 4.78 is 0. The summed E-state index contributed by atoms with van der Waals surface area (Å²) in [5, 5.41) is 8.90. The lowest BCUT2D eigenvalue weighted by Crippen LogP contribution is -2.32. The maximum Gasteiger partial charge on any atom is 0.229 e. The third-order valence-corrected chi connectivity index (χ3v) is 3.44. The molecular weight excluding hydrogens is 236 g/mol. The zero-order valence-electron chi connectivity index (χ0n) is 12.0. The molecule has 1 amide bonds. The van der Waals surface area contributed by atoms with Gasteiger partial charge in [0.25, 0.3) is 0 Å². The summed E-state index contributed by atoms with van der Waals surface area (Å²) in [5.41, 5.74) is 1.37. The Balaban J connectivity index is 2.82. The van der Waals surface area contributed by atoms with Gasteiger partial charge < -0.3 is 4.90 Å². The summed E-state index contributed by atoms with van der Waals surface area (Å²) in [6.07, 6.45) is 3.99. The molecule has 102 valence electrons. The average Bonchev–Trinajstić information content (AvgIpc) is 2.47. The molecule has 0 aliphatic rings. The van der Waals surface area contributed by atoms with Crippen LogP contribution in [0, 0.1) is 17.2 Å². The number of hydrogen-bond donors (Lipinski definition) is 0. The number of unbranched alkanes of at least 4 members (excludes halogenated alkanes) is 1. The molecule has 0 bridgehead atoms. The van der Waals surface area contributed by atoms with Gasteiger partial charge in [-0.15, -0.1) is 0 Å². The van der Waals surface area contributed by atoms with Gasteiger partial charge in [0.05, 0.1) is 11.6 Å². The topological polar surface area (TPSA) is 44.1 Å². The van der Waals surface area contributed by atoms with Crippen molar-refractivity contribution in [3.63, 3.8) is 0 Å². The second-order valence-electron chi connectivity index (χ2n) is 4.81. The smallest absolute Gasteiger partial charge is 0.229 e. The van der Waals surface area contributed by atoms with Crippen LogP contribution in [0.2, 0.25) is 0 Å². The Hall–Kier alpha value is -1.82. The van der Waals surface area contributed by atoms with Gasteiger partial charge in [0.2, 0.25) is 5.91 Å². The van der Waals surface area contributed by atoms with E-state index >= 15 is 0 Å². The molecule has 1 rings (SSSR count). The number of carbonyl (C=O) groups is 1. The summed E-state index contributed by atoms with van der Waals surface area (Å²) in [7, 11) is 1.79. The minimum absolute atomic E-state index is 0.0793. The van der Waals surface area contributed by atoms with Crippen molar-refractivity contribution in [3.8, 4) is 6.07 Å². The SMILES string of the molecule is CCCCC(CC)C(=O)N(C)c1cccc(C#N)c1. The van der Waals surface area contributed by atoms with E-state index in [2.05, 4.69) is 19.9 Å².